The summed E-state index contributed by atoms with van der Waals surface area (Å²) in [7, 11) is 0. The first-order valence-electron chi connectivity index (χ1n) is 5.74. The summed E-state index contributed by atoms with van der Waals surface area (Å²) in [4.78, 5) is 39.2. The van der Waals surface area contributed by atoms with Gasteiger partial charge in [-0.25, -0.2) is 9.78 Å². The van der Waals surface area contributed by atoms with Gasteiger partial charge in [-0.2, -0.15) is 0 Å². The summed E-state index contributed by atoms with van der Waals surface area (Å²) >= 11 is 0.955. The number of aromatic nitrogens is 1. The Bertz CT molecular complexity index is 486. The van der Waals surface area contributed by atoms with Crippen LogP contribution in [0.2, 0.25) is 0 Å². The molecule has 0 atom stereocenters. The summed E-state index contributed by atoms with van der Waals surface area (Å²) in [5, 5.41) is 12.7. The lowest BCUT2D eigenvalue weighted by Crippen LogP contribution is -2.40. The van der Waals surface area contributed by atoms with Crippen molar-refractivity contribution in [1.29, 1.82) is 0 Å². The quantitative estimate of drug-likeness (QED) is 0.790. The number of nitrogens with zero attached hydrogens (tertiary/aromatic N) is 2. The zero-order valence-electron chi connectivity index (χ0n) is 10.7. The number of amides is 2. The molecule has 0 radical (unpaired) electrons. The average molecular weight is 285 g/mol. The fourth-order valence-corrected chi connectivity index (χ4v) is 2.12. The number of likely N-dealkylation sites (N-methyl/N-ethyl adjacent to an activating group) is 2. The number of rotatable bonds is 6. The van der Waals surface area contributed by atoms with Gasteiger partial charge in [0.1, 0.15) is 0 Å². The van der Waals surface area contributed by atoms with Crippen molar-refractivity contribution in [3.05, 3.63) is 16.1 Å². The van der Waals surface area contributed by atoms with Gasteiger partial charge in [0.05, 0.1) is 6.54 Å². The van der Waals surface area contributed by atoms with E-state index in [4.69, 9.17) is 5.11 Å². The van der Waals surface area contributed by atoms with Crippen molar-refractivity contribution in [2.24, 2.45) is 0 Å². The molecule has 0 aliphatic heterocycles. The fourth-order valence-electron chi connectivity index (χ4n) is 1.36. The van der Waals surface area contributed by atoms with Crippen molar-refractivity contribution in [1.82, 2.24) is 15.2 Å². The molecule has 0 saturated carbocycles. The highest BCUT2D eigenvalue weighted by molar-refractivity contribution is 7.11. The van der Waals surface area contributed by atoms with Crippen molar-refractivity contribution >= 4 is 29.1 Å². The predicted molar refractivity (Wildman–Crippen MR) is 69.3 cm³/mol. The van der Waals surface area contributed by atoms with Gasteiger partial charge in [0.2, 0.25) is 5.91 Å². The van der Waals surface area contributed by atoms with Crippen LogP contribution in [0.1, 0.15) is 34.1 Å². The molecule has 8 heteroatoms. The van der Waals surface area contributed by atoms with E-state index >= 15 is 0 Å². The summed E-state index contributed by atoms with van der Waals surface area (Å²) in [6, 6.07) is 0. The molecule has 0 unspecified atom stereocenters. The molecule has 1 aromatic heterocycles. The molecule has 104 valence electrons. The molecule has 0 aliphatic rings. The number of hydrogen-bond acceptors (Lipinski definition) is 5. The maximum absolute atomic E-state index is 12.1. The number of carbonyl (C=O) groups excluding carboxylic acids is 2. The number of hydrogen-bond donors (Lipinski definition) is 2. The summed E-state index contributed by atoms with van der Waals surface area (Å²) in [6.07, 6.45) is 0. The number of carboxylic acids is 1. The maximum atomic E-state index is 12.1. The third-order valence-electron chi connectivity index (χ3n) is 2.28. The fraction of sp³-hybridized carbons (Fsp3) is 0.455. The Morgan fingerprint density at radius 1 is 1.42 bits per heavy atom. The lowest BCUT2D eigenvalue weighted by atomic mass is 10.4. The number of carboxylic acid groups (broad SMARTS) is 1. The zero-order chi connectivity index (χ0) is 14.4. The van der Waals surface area contributed by atoms with Crippen LogP contribution in [0.5, 0.6) is 0 Å². The second kappa shape index (κ2) is 6.83. The van der Waals surface area contributed by atoms with E-state index in [9.17, 15) is 14.4 Å². The molecule has 0 aromatic carbocycles. The third-order valence-corrected chi connectivity index (χ3v) is 3.11. The lowest BCUT2D eigenvalue weighted by molar-refractivity contribution is -0.121. The standard InChI is InChI=1S/C11H15N3O4S/c1-3-12-8(15)5-14(4-2)10(16)9-13-7(6-19-9)11(17)18/h6H,3-5H2,1-2H3,(H,12,15)(H,17,18). The van der Waals surface area contributed by atoms with Crippen LogP contribution in [0.15, 0.2) is 5.38 Å². The van der Waals surface area contributed by atoms with Crippen LogP contribution < -0.4 is 5.32 Å². The first-order valence-corrected chi connectivity index (χ1v) is 6.62. The van der Waals surface area contributed by atoms with Gasteiger partial charge < -0.3 is 15.3 Å². The monoisotopic (exact) mass is 285 g/mol. The Hall–Kier alpha value is -1.96. The normalized spacial score (nSPS) is 10.0. The van der Waals surface area contributed by atoms with E-state index in [1.807, 2.05) is 0 Å². The lowest BCUT2D eigenvalue weighted by Gasteiger charge is -2.18. The van der Waals surface area contributed by atoms with Gasteiger partial charge in [0, 0.05) is 18.5 Å². The summed E-state index contributed by atoms with van der Waals surface area (Å²) in [5.74, 6) is -1.87. The van der Waals surface area contributed by atoms with Crippen LogP contribution in [0.4, 0.5) is 0 Å². The molecule has 7 nitrogen and oxygen atoms in total. The molecule has 0 aliphatic carbocycles. The number of thiazole rings is 1. The molecule has 19 heavy (non-hydrogen) atoms. The Morgan fingerprint density at radius 2 is 2.11 bits per heavy atom. The second-order valence-corrected chi connectivity index (χ2v) is 4.47. The molecule has 2 amide bonds. The molecule has 0 spiro atoms. The van der Waals surface area contributed by atoms with Crippen LogP contribution in [0, 0.1) is 0 Å². The van der Waals surface area contributed by atoms with Crippen molar-refractivity contribution in [2.75, 3.05) is 19.6 Å². The first-order chi connectivity index (χ1) is 8.99. The van der Waals surface area contributed by atoms with E-state index in [1.54, 1.807) is 13.8 Å². The van der Waals surface area contributed by atoms with E-state index in [-0.39, 0.29) is 23.2 Å². The molecule has 1 heterocycles. The van der Waals surface area contributed by atoms with Gasteiger partial charge in [-0.1, -0.05) is 0 Å². The first kappa shape index (κ1) is 15.1. The van der Waals surface area contributed by atoms with E-state index in [0.717, 1.165) is 11.3 Å². The number of carbonyl (C=O) groups is 3. The molecule has 2 N–H and O–H groups in total. The number of nitrogens with one attached hydrogen (secondary N) is 1. The number of aromatic carboxylic acids is 1. The minimum Gasteiger partial charge on any atom is -0.476 e. The third kappa shape index (κ3) is 4.02. The Balaban J connectivity index is 2.77. The second-order valence-electron chi connectivity index (χ2n) is 3.62. The van der Waals surface area contributed by atoms with Crippen molar-refractivity contribution < 1.29 is 19.5 Å². The zero-order valence-corrected chi connectivity index (χ0v) is 11.5. The Kier molecular flexibility index (Phi) is 5.43. The molecule has 0 saturated heterocycles. The van der Waals surface area contributed by atoms with Crippen LogP contribution in [0.3, 0.4) is 0 Å². The smallest absolute Gasteiger partial charge is 0.355 e. The predicted octanol–water partition coefficient (Wildman–Crippen LogP) is 0.439. The van der Waals surface area contributed by atoms with Gasteiger partial charge in [0.25, 0.3) is 5.91 Å². The molecule has 1 aromatic rings. The molecule has 0 bridgehead atoms. The molecule has 0 fully saturated rings. The van der Waals surface area contributed by atoms with Gasteiger partial charge in [-0.15, -0.1) is 11.3 Å². The highest BCUT2D eigenvalue weighted by Crippen LogP contribution is 2.12. The van der Waals surface area contributed by atoms with E-state index < -0.39 is 11.9 Å². The Morgan fingerprint density at radius 3 is 2.58 bits per heavy atom. The van der Waals surface area contributed by atoms with Crippen LogP contribution in [-0.4, -0.2) is 52.4 Å². The van der Waals surface area contributed by atoms with Crippen molar-refractivity contribution in [3.8, 4) is 0 Å². The average Bonchev–Trinajstić information content (AvgIpc) is 2.85. The highest BCUT2D eigenvalue weighted by atomic mass is 32.1. The van der Waals surface area contributed by atoms with Gasteiger partial charge in [-0.05, 0) is 13.8 Å². The van der Waals surface area contributed by atoms with Crippen molar-refractivity contribution in [3.63, 3.8) is 0 Å². The topological polar surface area (TPSA) is 99.6 Å². The SMILES string of the molecule is CCNC(=O)CN(CC)C(=O)c1nc(C(=O)O)cs1. The minimum atomic E-state index is -1.18. The van der Waals surface area contributed by atoms with E-state index in [2.05, 4.69) is 10.3 Å². The summed E-state index contributed by atoms with van der Waals surface area (Å²) < 4.78 is 0. The van der Waals surface area contributed by atoms with E-state index in [0.29, 0.717) is 13.1 Å². The van der Waals surface area contributed by atoms with Crippen LogP contribution in [-0.2, 0) is 4.79 Å². The van der Waals surface area contributed by atoms with Crippen LogP contribution >= 0.6 is 11.3 Å². The molecular weight excluding hydrogens is 270 g/mol. The van der Waals surface area contributed by atoms with Gasteiger partial charge in [-0.3, -0.25) is 9.59 Å². The summed E-state index contributed by atoms with van der Waals surface area (Å²) in [5.41, 5.74) is -0.164. The van der Waals surface area contributed by atoms with Crippen LogP contribution in [0.25, 0.3) is 0 Å². The van der Waals surface area contributed by atoms with Gasteiger partial charge in [0.15, 0.2) is 10.7 Å². The Labute approximate surface area is 114 Å². The van der Waals surface area contributed by atoms with Gasteiger partial charge >= 0.3 is 5.97 Å². The summed E-state index contributed by atoms with van der Waals surface area (Å²) in [6.45, 7) is 4.30. The molecular formula is C11H15N3O4S. The highest BCUT2D eigenvalue weighted by Gasteiger charge is 2.21. The van der Waals surface area contributed by atoms with E-state index in [1.165, 1.54) is 10.3 Å². The largest absolute Gasteiger partial charge is 0.476 e. The van der Waals surface area contributed by atoms with Crippen molar-refractivity contribution in [2.45, 2.75) is 13.8 Å². The maximum Gasteiger partial charge on any atom is 0.355 e. The molecule has 1 rings (SSSR count). The minimum absolute atomic E-state index is 0.0643.